The minimum atomic E-state index is -3.60. The van der Waals surface area contributed by atoms with Crippen LogP contribution in [-0.2, 0) is 10.0 Å². The average molecular weight is 278 g/mol. The molecule has 0 spiro atoms. The molecule has 5 N–H and O–H groups in total. The lowest BCUT2D eigenvalue weighted by molar-refractivity contribution is 0.0957. The maximum Gasteiger partial charge on any atom is 0.254 e. The van der Waals surface area contributed by atoms with E-state index in [0.29, 0.717) is 0 Å². The van der Waals surface area contributed by atoms with Crippen LogP contribution in [0.4, 0.5) is 5.69 Å². The first-order chi connectivity index (χ1) is 7.81. The van der Waals surface area contributed by atoms with Gasteiger partial charge in [0.15, 0.2) is 0 Å². The van der Waals surface area contributed by atoms with Crippen LogP contribution in [0.5, 0.6) is 0 Å². The van der Waals surface area contributed by atoms with Gasteiger partial charge in [-0.3, -0.25) is 4.79 Å². The maximum atomic E-state index is 11.7. The molecular weight excluding hydrogens is 266 g/mol. The van der Waals surface area contributed by atoms with Crippen molar-refractivity contribution in [1.29, 1.82) is 0 Å². The number of primary sulfonamides is 1. The second-order valence-corrected chi connectivity index (χ2v) is 5.47. The number of sulfonamides is 1. The van der Waals surface area contributed by atoms with E-state index in [-0.39, 0.29) is 28.6 Å². The Morgan fingerprint density at radius 3 is 2.59 bits per heavy atom. The minimum absolute atomic E-state index is 0.0949. The van der Waals surface area contributed by atoms with Crippen LogP contribution in [0.15, 0.2) is 18.2 Å². The topological polar surface area (TPSA) is 115 Å². The van der Waals surface area contributed by atoms with Gasteiger partial charge in [-0.2, -0.15) is 0 Å². The van der Waals surface area contributed by atoms with E-state index in [1.165, 1.54) is 12.1 Å². The summed E-state index contributed by atoms with van der Waals surface area (Å²) in [4.78, 5) is 11.7. The Morgan fingerprint density at radius 1 is 1.41 bits per heavy atom. The van der Waals surface area contributed by atoms with Gasteiger partial charge in [-0.25, -0.2) is 13.6 Å². The number of hydrogen-bond donors (Lipinski definition) is 3. The molecule has 1 amide bonds. The normalized spacial score (nSPS) is 11.2. The molecule has 8 heteroatoms. The van der Waals surface area contributed by atoms with Crippen LogP contribution >= 0.6 is 11.6 Å². The van der Waals surface area contributed by atoms with Gasteiger partial charge < -0.3 is 11.1 Å². The molecule has 0 atom stereocenters. The van der Waals surface area contributed by atoms with E-state index in [4.69, 9.17) is 22.5 Å². The molecule has 0 unspecified atom stereocenters. The Kier molecular flexibility index (Phi) is 4.33. The van der Waals surface area contributed by atoms with E-state index in [1.807, 2.05) is 0 Å². The number of anilines is 1. The van der Waals surface area contributed by atoms with E-state index >= 15 is 0 Å². The lowest BCUT2D eigenvalue weighted by Crippen LogP contribution is -2.32. The fourth-order valence-corrected chi connectivity index (χ4v) is 1.83. The van der Waals surface area contributed by atoms with Gasteiger partial charge in [0.2, 0.25) is 10.0 Å². The standard InChI is InChI=1S/C9H12ClN3O3S/c10-6-2-1-3-7(11)8(6)9(14)13-4-5-17(12,15)16/h1-3H,4-5,11H2,(H,13,14)(H2,12,15,16). The average Bonchev–Trinajstić information content (AvgIpc) is 2.15. The number of nitrogens with one attached hydrogen (secondary N) is 1. The first kappa shape index (κ1) is 13.8. The van der Waals surface area contributed by atoms with Crippen LogP contribution < -0.4 is 16.2 Å². The van der Waals surface area contributed by atoms with Gasteiger partial charge in [0, 0.05) is 12.2 Å². The Balaban J connectivity index is 2.71. The van der Waals surface area contributed by atoms with Crippen LogP contribution in [0.25, 0.3) is 0 Å². The highest BCUT2D eigenvalue weighted by Gasteiger charge is 2.13. The van der Waals surface area contributed by atoms with Gasteiger partial charge in [-0.05, 0) is 12.1 Å². The van der Waals surface area contributed by atoms with Crippen molar-refractivity contribution in [1.82, 2.24) is 5.32 Å². The van der Waals surface area contributed by atoms with Crippen LogP contribution in [0.1, 0.15) is 10.4 Å². The predicted molar refractivity (Wildman–Crippen MR) is 66.2 cm³/mol. The largest absolute Gasteiger partial charge is 0.398 e. The summed E-state index contributed by atoms with van der Waals surface area (Å²) in [5.41, 5.74) is 5.95. The molecule has 0 fully saturated rings. The second-order valence-electron chi connectivity index (χ2n) is 3.33. The summed E-state index contributed by atoms with van der Waals surface area (Å²) in [6.07, 6.45) is 0. The molecule has 1 rings (SSSR count). The van der Waals surface area contributed by atoms with E-state index in [1.54, 1.807) is 6.07 Å². The molecule has 0 aliphatic carbocycles. The minimum Gasteiger partial charge on any atom is -0.398 e. The molecule has 6 nitrogen and oxygen atoms in total. The molecule has 0 saturated heterocycles. The first-order valence-electron chi connectivity index (χ1n) is 4.64. The van der Waals surface area contributed by atoms with Crippen molar-refractivity contribution in [3.05, 3.63) is 28.8 Å². The Bertz CT molecular complexity index is 510. The Morgan fingerprint density at radius 2 is 2.06 bits per heavy atom. The van der Waals surface area contributed by atoms with Crippen LogP contribution in [0.2, 0.25) is 5.02 Å². The fraction of sp³-hybridized carbons (Fsp3) is 0.222. The van der Waals surface area contributed by atoms with Crippen molar-refractivity contribution in [2.75, 3.05) is 18.0 Å². The van der Waals surface area contributed by atoms with Crippen molar-refractivity contribution in [3.8, 4) is 0 Å². The zero-order valence-corrected chi connectivity index (χ0v) is 10.4. The number of hydrogen-bond acceptors (Lipinski definition) is 4. The third kappa shape index (κ3) is 4.22. The summed E-state index contributed by atoms with van der Waals surface area (Å²) in [7, 11) is -3.60. The van der Waals surface area contributed by atoms with Gasteiger partial charge in [-0.15, -0.1) is 0 Å². The van der Waals surface area contributed by atoms with Crippen molar-refractivity contribution in [2.24, 2.45) is 5.14 Å². The van der Waals surface area contributed by atoms with Gasteiger partial charge in [0.25, 0.3) is 5.91 Å². The van der Waals surface area contributed by atoms with Crippen LogP contribution in [0, 0.1) is 0 Å². The van der Waals surface area contributed by atoms with E-state index < -0.39 is 15.9 Å². The van der Waals surface area contributed by atoms with Gasteiger partial charge in [-0.1, -0.05) is 17.7 Å². The zero-order chi connectivity index (χ0) is 13.1. The van der Waals surface area contributed by atoms with Gasteiger partial charge in [0.1, 0.15) is 0 Å². The molecule has 0 aliphatic heterocycles. The smallest absolute Gasteiger partial charge is 0.254 e. The molecular formula is C9H12ClN3O3S. The van der Waals surface area contributed by atoms with Gasteiger partial charge >= 0.3 is 0 Å². The molecule has 1 aromatic carbocycles. The number of carbonyl (C=O) groups is 1. The second kappa shape index (κ2) is 5.35. The number of carbonyl (C=O) groups excluding carboxylic acids is 1. The highest BCUT2D eigenvalue weighted by atomic mass is 35.5. The molecule has 1 aromatic rings. The summed E-state index contributed by atoms with van der Waals surface area (Å²) in [6, 6.07) is 4.66. The molecule has 0 radical (unpaired) electrons. The summed E-state index contributed by atoms with van der Waals surface area (Å²) < 4.78 is 21.3. The van der Waals surface area contributed by atoms with Gasteiger partial charge in [0.05, 0.1) is 16.3 Å². The monoisotopic (exact) mass is 277 g/mol. The molecule has 94 valence electrons. The molecule has 0 saturated carbocycles. The number of nitrogens with two attached hydrogens (primary N) is 2. The van der Waals surface area contributed by atoms with Crippen molar-refractivity contribution >= 4 is 33.2 Å². The Hall–Kier alpha value is -1.31. The van der Waals surface area contributed by atoms with E-state index in [2.05, 4.69) is 5.32 Å². The highest BCUT2D eigenvalue weighted by Crippen LogP contribution is 2.21. The number of amides is 1. The molecule has 0 aliphatic rings. The maximum absolute atomic E-state index is 11.7. The van der Waals surface area contributed by atoms with E-state index in [9.17, 15) is 13.2 Å². The third-order valence-electron chi connectivity index (χ3n) is 1.95. The quantitative estimate of drug-likeness (QED) is 0.669. The summed E-state index contributed by atoms with van der Waals surface area (Å²) >= 11 is 5.81. The lowest BCUT2D eigenvalue weighted by atomic mass is 10.1. The number of rotatable bonds is 4. The van der Waals surface area contributed by atoms with Crippen LogP contribution in [0.3, 0.4) is 0 Å². The summed E-state index contributed by atoms with van der Waals surface area (Å²) in [5, 5.41) is 7.37. The number of benzene rings is 1. The predicted octanol–water partition coefficient (Wildman–Crippen LogP) is -0.0595. The first-order valence-corrected chi connectivity index (χ1v) is 6.73. The van der Waals surface area contributed by atoms with E-state index in [0.717, 1.165) is 0 Å². The fourth-order valence-electron chi connectivity index (χ4n) is 1.18. The molecule has 0 bridgehead atoms. The Labute approximate surface area is 104 Å². The lowest BCUT2D eigenvalue weighted by Gasteiger charge is -2.08. The number of nitrogen functional groups attached to an aromatic ring is 1. The third-order valence-corrected chi connectivity index (χ3v) is 3.03. The SMILES string of the molecule is Nc1cccc(Cl)c1C(=O)NCCS(N)(=O)=O. The van der Waals surface area contributed by atoms with Crippen molar-refractivity contribution in [2.45, 2.75) is 0 Å². The zero-order valence-electron chi connectivity index (χ0n) is 8.81. The highest BCUT2D eigenvalue weighted by molar-refractivity contribution is 7.89. The molecule has 0 aromatic heterocycles. The molecule has 17 heavy (non-hydrogen) atoms. The summed E-state index contributed by atoms with van der Waals surface area (Å²) in [5.74, 6) is -0.875. The number of halogens is 1. The summed E-state index contributed by atoms with van der Waals surface area (Å²) in [6.45, 7) is -0.0949. The molecule has 0 heterocycles. The van der Waals surface area contributed by atoms with Crippen LogP contribution in [-0.4, -0.2) is 26.6 Å². The van der Waals surface area contributed by atoms with Crippen molar-refractivity contribution in [3.63, 3.8) is 0 Å². The van der Waals surface area contributed by atoms with Crippen molar-refractivity contribution < 1.29 is 13.2 Å².